The highest BCUT2D eigenvalue weighted by Gasteiger charge is 2.27. The van der Waals surface area contributed by atoms with Crippen LogP contribution in [-0.4, -0.2) is 15.7 Å². The maximum Gasteiger partial charge on any atom is 0.359 e. The molecule has 4 rings (SSSR count). The first-order valence-electron chi connectivity index (χ1n) is 8.59. The summed E-state index contributed by atoms with van der Waals surface area (Å²) in [6, 6.07) is 19.0. The van der Waals surface area contributed by atoms with Crippen molar-refractivity contribution >= 4 is 5.97 Å². The van der Waals surface area contributed by atoms with Gasteiger partial charge in [-0.15, -0.1) is 0 Å². The molecule has 26 heavy (non-hydrogen) atoms. The Labute approximate surface area is 151 Å². The van der Waals surface area contributed by atoms with Crippen LogP contribution in [0.4, 0.5) is 0 Å². The highest BCUT2D eigenvalue weighted by molar-refractivity contribution is 5.89. The van der Waals surface area contributed by atoms with Gasteiger partial charge in [-0.2, -0.15) is 10.4 Å². The smallest absolute Gasteiger partial charge is 0.359 e. The van der Waals surface area contributed by atoms with Gasteiger partial charge in [0, 0.05) is 16.8 Å². The van der Waals surface area contributed by atoms with Crippen LogP contribution in [0.3, 0.4) is 0 Å². The molecule has 0 radical (unpaired) electrons. The summed E-state index contributed by atoms with van der Waals surface area (Å²) in [4.78, 5) is 12.6. The molecule has 1 aromatic heterocycles. The van der Waals surface area contributed by atoms with Crippen LogP contribution in [0.15, 0.2) is 54.6 Å². The van der Waals surface area contributed by atoms with Gasteiger partial charge in [0.25, 0.3) is 0 Å². The molecule has 0 N–H and O–H groups in total. The van der Waals surface area contributed by atoms with Crippen LogP contribution in [-0.2, 0) is 24.2 Å². The Hall–Kier alpha value is -3.39. The van der Waals surface area contributed by atoms with Crippen molar-refractivity contribution in [2.24, 2.45) is 0 Å². The lowest BCUT2D eigenvalue weighted by molar-refractivity contribution is 0.0463. The van der Waals surface area contributed by atoms with E-state index in [2.05, 4.69) is 11.2 Å². The van der Waals surface area contributed by atoms with E-state index in [0.717, 1.165) is 36.2 Å². The Morgan fingerprint density at radius 3 is 2.69 bits per heavy atom. The van der Waals surface area contributed by atoms with Crippen LogP contribution in [0, 0.1) is 11.3 Å². The van der Waals surface area contributed by atoms with Gasteiger partial charge >= 0.3 is 5.97 Å². The lowest BCUT2D eigenvalue weighted by atomic mass is 10.1. The molecule has 2 aromatic carbocycles. The Morgan fingerprint density at radius 1 is 1.12 bits per heavy atom. The van der Waals surface area contributed by atoms with Gasteiger partial charge in [0.2, 0.25) is 0 Å². The number of para-hydroxylation sites is 1. The lowest BCUT2D eigenvalue weighted by Crippen LogP contribution is -2.10. The van der Waals surface area contributed by atoms with Gasteiger partial charge in [0.1, 0.15) is 6.61 Å². The number of nitrogens with zero attached hydrogens (tertiary/aromatic N) is 3. The standard InChI is InChI=1S/C21H17N3O2/c22-13-15-7-4-5-8-16(15)14-26-21(25)20-18-11-6-12-19(18)24(23-20)17-9-2-1-3-10-17/h1-5,7-10H,6,11-12,14H2. The molecule has 0 bridgehead atoms. The predicted octanol–water partition coefficient (Wildman–Crippen LogP) is 3.59. The van der Waals surface area contributed by atoms with Crippen molar-refractivity contribution in [3.63, 3.8) is 0 Å². The maximum absolute atomic E-state index is 12.6. The van der Waals surface area contributed by atoms with Crippen LogP contribution >= 0.6 is 0 Å². The van der Waals surface area contributed by atoms with Crippen LogP contribution in [0.25, 0.3) is 5.69 Å². The summed E-state index contributed by atoms with van der Waals surface area (Å²) in [6.07, 6.45) is 2.75. The number of fused-ring (bicyclic) bond motifs is 1. The van der Waals surface area contributed by atoms with E-state index in [1.807, 2.05) is 41.1 Å². The van der Waals surface area contributed by atoms with Crippen molar-refractivity contribution in [2.45, 2.75) is 25.9 Å². The number of carbonyl (C=O) groups excluding carboxylic acids is 1. The molecule has 0 unspecified atom stereocenters. The van der Waals surface area contributed by atoms with E-state index < -0.39 is 5.97 Å². The topological polar surface area (TPSA) is 67.9 Å². The van der Waals surface area contributed by atoms with Gasteiger partial charge in [-0.25, -0.2) is 9.48 Å². The van der Waals surface area contributed by atoms with E-state index in [0.29, 0.717) is 16.8 Å². The summed E-state index contributed by atoms with van der Waals surface area (Å²) >= 11 is 0. The molecule has 128 valence electrons. The van der Waals surface area contributed by atoms with Gasteiger partial charge in [0.05, 0.1) is 17.3 Å². The van der Waals surface area contributed by atoms with E-state index in [9.17, 15) is 4.79 Å². The molecule has 3 aromatic rings. The second kappa shape index (κ2) is 6.85. The molecule has 0 spiro atoms. The summed E-state index contributed by atoms with van der Waals surface area (Å²) in [7, 11) is 0. The van der Waals surface area contributed by atoms with Crippen molar-refractivity contribution in [2.75, 3.05) is 0 Å². The molecule has 0 amide bonds. The van der Waals surface area contributed by atoms with Crippen LogP contribution < -0.4 is 0 Å². The average molecular weight is 343 g/mol. The minimum Gasteiger partial charge on any atom is -0.456 e. The number of ether oxygens (including phenoxy) is 1. The quantitative estimate of drug-likeness (QED) is 0.679. The highest BCUT2D eigenvalue weighted by atomic mass is 16.5. The van der Waals surface area contributed by atoms with Crippen LogP contribution in [0.1, 0.15) is 39.3 Å². The molecular weight excluding hydrogens is 326 g/mol. The van der Waals surface area contributed by atoms with Gasteiger partial charge in [-0.05, 0) is 37.5 Å². The normalized spacial score (nSPS) is 12.4. The van der Waals surface area contributed by atoms with Crippen molar-refractivity contribution in [1.29, 1.82) is 5.26 Å². The average Bonchev–Trinajstić information content (AvgIpc) is 3.29. The number of aromatic nitrogens is 2. The Bertz CT molecular complexity index is 1000. The minimum absolute atomic E-state index is 0.0650. The monoisotopic (exact) mass is 343 g/mol. The third kappa shape index (κ3) is 2.86. The number of rotatable bonds is 4. The molecule has 0 saturated carbocycles. The van der Waals surface area contributed by atoms with Gasteiger partial charge in [-0.3, -0.25) is 0 Å². The van der Waals surface area contributed by atoms with Crippen molar-refractivity contribution in [3.05, 3.63) is 82.7 Å². The number of nitriles is 1. The van der Waals surface area contributed by atoms with Crippen LogP contribution in [0.2, 0.25) is 0 Å². The van der Waals surface area contributed by atoms with E-state index in [1.54, 1.807) is 18.2 Å². The molecule has 1 heterocycles. The fourth-order valence-electron chi connectivity index (χ4n) is 3.35. The van der Waals surface area contributed by atoms with Gasteiger partial charge in [-0.1, -0.05) is 36.4 Å². The molecule has 1 aliphatic rings. The number of benzene rings is 2. The number of esters is 1. The largest absolute Gasteiger partial charge is 0.456 e. The fourth-order valence-corrected chi connectivity index (χ4v) is 3.35. The zero-order valence-electron chi connectivity index (χ0n) is 14.2. The maximum atomic E-state index is 12.6. The molecule has 0 saturated heterocycles. The first kappa shape index (κ1) is 16.1. The Kier molecular flexibility index (Phi) is 4.24. The number of carbonyl (C=O) groups is 1. The van der Waals surface area contributed by atoms with E-state index in [1.165, 1.54) is 0 Å². The Balaban J connectivity index is 1.60. The fraction of sp³-hybridized carbons (Fsp3) is 0.190. The molecular formula is C21H17N3O2. The molecule has 0 atom stereocenters. The summed E-state index contributed by atoms with van der Waals surface area (Å²) < 4.78 is 7.31. The Morgan fingerprint density at radius 2 is 1.88 bits per heavy atom. The molecule has 0 fully saturated rings. The number of hydrogen-bond acceptors (Lipinski definition) is 4. The first-order chi connectivity index (χ1) is 12.8. The van der Waals surface area contributed by atoms with Crippen molar-refractivity contribution < 1.29 is 9.53 Å². The van der Waals surface area contributed by atoms with E-state index in [-0.39, 0.29) is 6.61 Å². The highest BCUT2D eigenvalue weighted by Crippen LogP contribution is 2.28. The molecule has 5 heteroatoms. The van der Waals surface area contributed by atoms with E-state index >= 15 is 0 Å². The molecule has 1 aliphatic carbocycles. The van der Waals surface area contributed by atoms with Crippen LogP contribution in [0.5, 0.6) is 0 Å². The van der Waals surface area contributed by atoms with E-state index in [4.69, 9.17) is 10.00 Å². The summed E-state index contributed by atoms with van der Waals surface area (Å²) in [5.74, 6) is -0.439. The summed E-state index contributed by atoms with van der Waals surface area (Å²) in [6.45, 7) is 0.0650. The third-order valence-corrected chi connectivity index (χ3v) is 4.62. The SMILES string of the molecule is N#Cc1ccccc1COC(=O)c1nn(-c2ccccc2)c2c1CCC2. The predicted molar refractivity (Wildman–Crippen MR) is 95.9 cm³/mol. The zero-order valence-corrected chi connectivity index (χ0v) is 14.2. The third-order valence-electron chi connectivity index (χ3n) is 4.62. The molecule has 0 aliphatic heterocycles. The lowest BCUT2D eigenvalue weighted by Gasteiger charge is -2.06. The van der Waals surface area contributed by atoms with Crippen molar-refractivity contribution in [3.8, 4) is 11.8 Å². The number of hydrogen-bond donors (Lipinski definition) is 0. The summed E-state index contributed by atoms with van der Waals surface area (Å²) in [5, 5.41) is 13.7. The summed E-state index contributed by atoms with van der Waals surface area (Å²) in [5.41, 5.74) is 4.60. The minimum atomic E-state index is -0.439. The van der Waals surface area contributed by atoms with Gasteiger partial charge < -0.3 is 4.74 Å². The first-order valence-corrected chi connectivity index (χ1v) is 8.59. The van der Waals surface area contributed by atoms with Gasteiger partial charge in [0.15, 0.2) is 5.69 Å². The molecule has 5 nitrogen and oxygen atoms in total. The second-order valence-electron chi connectivity index (χ2n) is 6.22. The second-order valence-corrected chi connectivity index (χ2v) is 6.22. The zero-order chi connectivity index (χ0) is 17.9. The van der Waals surface area contributed by atoms with Crippen molar-refractivity contribution in [1.82, 2.24) is 9.78 Å².